The van der Waals surface area contributed by atoms with Crippen molar-refractivity contribution in [2.45, 2.75) is 12.5 Å². The first-order valence-electron chi connectivity index (χ1n) is 5.53. The Morgan fingerprint density at radius 1 is 1.22 bits per heavy atom. The zero-order chi connectivity index (χ0) is 14.0. The van der Waals surface area contributed by atoms with Crippen molar-refractivity contribution in [3.8, 4) is 0 Å². The minimum Gasteiger partial charge on any atom is -0.381 e. The maximum atomic E-state index is 10.9. The standard InChI is InChI=1S/C10H20Cl2O5Si/c1-14-18(15-2,16-3)6-4-5-17-8-9(7-11)10(12)13/h9H,4-8H2,1-3H3. The van der Waals surface area contributed by atoms with E-state index in [2.05, 4.69) is 0 Å². The molecule has 0 aromatic heterocycles. The van der Waals surface area contributed by atoms with Gasteiger partial charge in [-0.3, -0.25) is 4.79 Å². The molecule has 108 valence electrons. The van der Waals surface area contributed by atoms with E-state index < -0.39 is 20.0 Å². The molecule has 0 aliphatic rings. The summed E-state index contributed by atoms with van der Waals surface area (Å²) in [6.45, 7) is 0.704. The van der Waals surface area contributed by atoms with Crippen LogP contribution < -0.4 is 0 Å². The SMILES string of the molecule is CO[Si](CCCOCC(CCl)C(=O)Cl)(OC)OC. The first-order chi connectivity index (χ1) is 8.55. The third-order valence-electron chi connectivity index (χ3n) is 2.53. The van der Waals surface area contributed by atoms with Gasteiger partial charge in [0.05, 0.1) is 12.5 Å². The molecule has 0 fully saturated rings. The summed E-state index contributed by atoms with van der Waals surface area (Å²) >= 11 is 10.9. The molecule has 8 heteroatoms. The summed E-state index contributed by atoms with van der Waals surface area (Å²) in [5, 5.41) is -0.473. The second-order valence-electron chi connectivity index (χ2n) is 3.63. The lowest BCUT2D eigenvalue weighted by Crippen LogP contribution is -2.42. The van der Waals surface area contributed by atoms with E-state index in [1.54, 1.807) is 21.3 Å². The van der Waals surface area contributed by atoms with Gasteiger partial charge in [-0.1, -0.05) is 0 Å². The van der Waals surface area contributed by atoms with Gasteiger partial charge in [0.15, 0.2) is 0 Å². The number of hydrogen-bond acceptors (Lipinski definition) is 5. The summed E-state index contributed by atoms with van der Waals surface area (Å²) in [7, 11) is 2.17. The first kappa shape index (κ1) is 18.3. The lowest BCUT2D eigenvalue weighted by atomic mass is 10.2. The normalized spacial score (nSPS) is 13.6. The Hall–Kier alpha value is 0.307. The van der Waals surface area contributed by atoms with Gasteiger partial charge in [-0.25, -0.2) is 0 Å². The van der Waals surface area contributed by atoms with Crippen molar-refractivity contribution >= 4 is 37.2 Å². The van der Waals surface area contributed by atoms with Crippen molar-refractivity contribution in [2.24, 2.45) is 5.92 Å². The lowest BCUT2D eigenvalue weighted by molar-refractivity contribution is -0.116. The van der Waals surface area contributed by atoms with Gasteiger partial charge >= 0.3 is 8.80 Å². The second kappa shape index (κ2) is 10.1. The minimum absolute atomic E-state index is 0.162. The quantitative estimate of drug-likeness (QED) is 0.252. The smallest absolute Gasteiger partial charge is 0.381 e. The minimum atomic E-state index is -2.52. The topological polar surface area (TPSA) is 54.0 Å². The van der Waals surface area contributed by atoms with Crippen LogP contribution in [0.5, 0.6) is 0 Å². The molecular weight excluding hydrogens is 299 g/mol. The molecule has 1 unspecified atom stereocenters. The van der Waals surface area contributed by atoms with Crippen LogP contribution in [0.1, 0.15) is 6.42 Å². The molecule has 0 aliphatic heterocycles. The zero-order valence-electron chi connectivity index (χ0n) is 10.9. The van der Waals surface area contributed by atoms with Gasteiger partial charge in [0.1, 0.15) is 0 Å². The molecule has 0 spiro atoms. The Kier molecular flexibility index (Phi) is 10.3. The molecule has 0 saturated heterocycles. The Balaban J connectivity index is 3.82. The summed E-state index contributed by atoms with van der Waals surface area (Å²) in [5.74, 6) is -0.294. The Morgan fingerprint density at radius 2 is 1.78 bits per heavy atom. The molecule has 0 aromatic rings. The molecule has 0 aliphatic carbocycles. The van der Waals surface area contributed by atoms with Gasteiger partial charge in [-0.2, -0.15) is 0 Å². The van der Waals surface area contributed by atoms with E-state index in [1.807, 2.05) is 0 Å². The summed E-state index contributed by atoms with van der Waals surface area (Å²) < 4.78 is 21.1. The first-order valence-corrected chi connectivity index (χ1v) is 8.38. The number of halogens is 2. The van der Waals surface area contributed by atoms with Crippen LogP contribution in [0.15, 0.2) is 0 Å². The highest BCUT2D eigenvalue weighted by Gasteiger charge is 2.36. The summed E-state index contributed by atoms with van der Waals surface area (Å²) in [5.41, 5.74) is 0. The molecule has 0 aromatic carbocycles. The van der Waals surface area contributed by atoms with Crippen molar-refractivity contribution in [1.82, 2.24) is 0 Å². The van der Waals surface area contributed by atoms with Crippen LogP contribution in [0.25, 0.3) is 0 Å². The van der Waals surface area contributed by atoms with E-state index in [-0.39, 0.29) is 12.5 Å². The molecular formula is C10H20Cl2O5Si. The molecule has 0 rings (SSSR count). The number of alkyl halides is 1. The fourth-order valence-corrected chi connectivity index (χ4v) is 3.48. The van der Waals surface area contributed by atoms with Crippen LogP contribution in [0.2, 0.25) is 6.04 Å². The highest BCUT2D eigenvalue weighted by Crippen LogP contribution is 2.15. The van der Waals surface area contributed by atoms with E-state index in [9.17, 15) is 4.79 Å². The molecule has 0 bridgehead atoms. The average molecular weight is 319 g/mol. The van der Waals surface area contributed by atoms with Gasteiger partial charge in [0, 0.05) is 39.9 Å². The van der Waals surface area contributed by atoms with E-state index >= 15 is 0 Å². The highest BCUT2D eigenvalue weighted by molar-refractivity contribution is 6.64. The van der Waals surface area contributed by atoms with Crippen molar-refractivity contribution in [1.29, 1.82) is 0 Å². The van der Waals surface area contributed by atoms with Crippen LogP contribution in [-0.2, 0) is 22.8 Å². The van der Waals surface area contributed by atoms with Crippen LogP contribution in [0.4, 0.5) is 0 Å². The Morgan fingerprint density at radius 3 is 2.17 bits per heavy atom. The fraction of sp³-hybridized carbons (Fsp3) is 0.900. The monoisotopic (exact) mass is 318 g/mol. The Labute approximate surface area is 119 Å². The third-order valence-corrected chi connectivity index (χ3v) is 6.04. The summed E-state index contributed by atoms with van der Waals surface area (Å²) in [6, 6.07) is 0.650. The molecule has 0 radical (unpaired) electrons. The van der Waals surface area contributed by atoms with Crippen molar-refractivity contribution < 1.29 is 22.8 Å². The molecule has 5 nitrogen and oxygen atoms in total. The van der Waals surface area contributed by atoms with E-state index in [0.717, 1.165) is 0 Å². The van der Waals surface area contributed by atoms with Crippen molar-refractivity contribution in [2.75, 3.05) is 40.4 Å². The average Bonchev–Trinajstić information content (AvgIpc) is 2.38. The zero-order valence-corrected chi connectivity index (χ0v) is 13.4. The second-order valence-corrected chi connectivity index (χ2v) is 7.40. The van der Waals surface area contributed by atoms with Gasteiger partial charge < -0.3 is 18.0 Å². The molecule has 0 amide bonds. The third kappa shape index (κ3) is 6.47. The highest BCUT2D eigenvalue weighted by atomic mass is 35.5. The molecule has 0 N–H and O–H groups in total. The summed E-state index contributed by atoms with van der Waals surface area (Å²) in [4.78, 5) is 10.9. The number of carbonyl (C=O) groups excluding carboxylic acids is 1. The van der Waals surface area contributed by atoms with E-state index in [1.165, 1.54) is 0 Å². The molecule has 0 heterocycles. The van der Waals surface area contributed by atoms with E-state index in [0.29, 0.717) is 19.1 Å². The van der Waals surface area contributed by atoms with Crippen LogP contribution >= 0.6 is 23.2 Å². The summed E-state index contributed by atoms with van der Waals surface area (Å²) in [6.07, 6.45) is 0.716. The molecule has 1 atom stereocenters. The van der Waals surface area contributed by atoms with Crippen LogP contribution in [0, 0.1) is 5.92 Å². The predicted octanol–water partition coefficient (Wildman–Crippen LogP) is 1.89. The number of carbonyl (C=O) groups is 1. The van der Waals surface area contributed by atoms with Crippen molar-refractivity contribution in [3.63, 3.8) is 0 Å². The fourth-order valence-electron chi connectivity index (χ4n) is 1.34. The lowest BCUT2D eigenvalue weighted by Gasteiger charge is -2.24. The number of ether oxygens (including phenoxy) is 1. The maximum Gasteiger partial charge on any atom is 0.500 e. The largest absolute Gasteiger partial charge is 0.500 e. The van der Waals surface area contributed by atoms with Crippen molar-refractivity contribution in [3.05, 3.63) is 0 Å². The van der Waals surface area contributed by atoms with Crippen LogP contribution in [-0.4, -0.2) is 54.5 Å². The maximum absolute atomic E-state index is 10.9. The molecule has 0 saturated carbocycles. The Bertz CT molecular complexity index is 230. The van der Waals surface area contributed by atoms with Gasteiger partial charge in [0.2, 0.25) is 5.24 Å². The number of rotatable bonds is 11. The van der Waals surface area contributed by atoms with Gasteiger partial charge in [0.25, 0.3) is 0 Å². The van der Waals surface area contributed by atoms with E-state index in [4.69, 9.17) is 41.2 Å². The van der Waals surface area contributed by atoms with Crippen LogP contribution in [0.3, 0.4) is 0 Å². The number of hydrogen-bond donors (Lipinski definition) is 0. The molecule has 18 heavy (non-hydrogen) atoms. The van der Waals surface area contributed by atoms with Gasteiger partial charge in [-0.05, 0) is 18.0 Å². The van der Waals surface area contributed by atoms with Gasteiger partial charge in [-0.15, -0.1) is 11.6 Å². The predicted molar refractivity (Wildman–Crippen MR) is 72.1 cm³/mol.